The Morgan fingerprint density at radius 2 is 1.75 bits per heavy atom. The van der Waals surface area contributed by atoms with Gasteiger partial charge in [0.1, 0.15) is 18.4 Å². The van der Waals surface area contributed by atoms with E-state index in [1.54, 1.807) is 42.6 Å². The first-order valence-corrected chi connectivity index (χ1v) is 8.38. The first-order chi connectivity index (χ1) is 13.6. The minimum absolute atomic E-state index is 0.282. The van der Waals surface area contributed by atoms with Gasteiger partial charge in [0.15, 0.2) is 6.61 Å². The third-order valence-corrected chi connectivity index (χ3v) is 3.56. The molecule has 1 aromatic heterocycles. The Labute approximate surface area is 161 Å². The van der Waals surface area contributed by atoms with Crippen molar-refractivity contribution in [3.63, 3.8) is 0 Å². The number of ether oxygens (including phenoxy) is 1. The van der Waals surface area contributed by atoms with E-state index in [9.17, 15) is 9.59 Å². The second-order valence-electron chi connectivity index (χ2n) is 5.81. The van der Waals surface area contributed by atoms with Crippen molar-refractivity contribution in [3.05, 3.63) is 72.3 Å². The molecule has 0 spiro atoms. The van der Waals surface area contributed by atoms with Gasteiger partial charge in [-0.3, -0.25) is 10.1 Å². The van der Waals surface area contributed by atoms with Crippen LogP contribution in [-0.2, 0) is 4.79 Å². The zero-order valence-electron chi connectivity index (χ0n) is 15.1. The third-order valence-electron chi connectivity index (χ3n) is 3.56. The maximum Gasteiger partial charge on any atom is 0.325 e. The molecule has 9 nitrogen and oxygen atoms in total. The molecule has 1 heterocycles. The van der Waals surface area contributed by atoms with Crippen molar-refractivity contribution >= 4 is 23.8 Å². The van der Waals surface area contributed by atoms with Crippen molar-refractivity contribution in [2.24, 2.45) is 5.10 Å². The van der Waals surface area contributed by atoms with E-state index in [-0.39, 0.29) is 6.61 Å². The van der Waals surface area contributed by atoms with Crippen molar-refractivity contribution < 1.29 is 14.3 Å². The van der Waals surface area contributed by atoms with Gasteiger partial charge in [0, 0.05) is 5.69 Å². The fraction of sp³-hybridized carbons (Fsp3) is 0.105. The number of rotatable bonds is 6. The fourth-order valence-corrected chi connectivity index (χ4v) is 2.15. The van der Waals surface area contributed by atoms with Crippen LogP contribution in [0, 0.1) is 6.92 Å². The predicted molar refractivity (Wildman–Crippen MR) is 103 cm³/mol. The molecule has 0 fully saturated rings. The highest BCUT2D eigenvalue weighted by Crippen LogP contribution is 2.11. The monoisotopic (exact) mass is 378 g/mol. The number of imide groups is 1. The summed E-state index contributed by atoms with van der Waals surface area (Å²) < 4.78 is 6.85. The van der Waals surface area contributed by atoms with Gasteiger partial charge in [0.05, 0.1) is 6.21 Å². The van der Waals surface area contributed by atoms with Crippen molar-refractivity contribution in [1.82, 2.24) is 20.2 Å². The quantitative estimate of drug-likeness (QED) is 0.639. The first kappa shape index (κ1) is 18.8. The van der Waals surface area contributed by atoms with Crippen LogP contribution in [0.4, 0.5) is 10.5 Å². The summed E-state index contributed by atoms with van der Waals surface area (Å²) in [5, 5.41) is 16.2. The van der Waals surface area contributed by atoms with E-state index in [0.717, 1.165) is 11.1 Å². The van der Waals surface area contributed by atoms with Crippen LogP contribution in [0.5, 0.6) is 5.75 Å². The molecule has 2 N–H and O–H groups in total. The van der Waals surface area contributed by atoms with Gasteiger partial charge in [-0.2, -0.15) is 5.10 Å². The average molecular weight is 378 g/mol. The third kappa shape index (κ3) is 5.77. The Balaban J connectivity index is 1.43. The van der Waals surface area contributed by atoms with E-state index >= 15 is 0 Å². The summed E-state index contributed by atoms with van der Waals surface area (Å²) in [7, 11) is 0. The summed E-state index contributed by atoms with van der Waals surface area (Å²) in [6, 6.07) is 13.6. The van der Waals surface area contributed by atoms with Crippen LogP contribution in [0.1, 0.15) is 11.1 Å². The second-order valence-corrected chi connectivity index (χ2v) is 5.81. The fourth-order valence-electron chi connectivity index (χ4n) is 2.15. The van der Waals surface area contributed by atoms with Gasteiger partial charge in [0.2, 0.25) is 0 Å². The number of hydrogen-bond donors (Lipinski definition) is 2. The number of hydrogen-bond acceptors (Lipinski definition) is 6. The Hall–Kier alpha value is -4.01. The lowest BCUT2D eigenvalue weighted by Gasteiger charge is -2.08. The van der Waals surface area contributed by atoms with Crippen LogP contribution in [-0.4, -0.2) is 39.6 Å². The van der Waals surface area contributed by atoms with Gasteiger partial charge in [-0.1, -0.05) is 17.7 Å². The van der Waals surface area contributed by atoms with Crippen molar-refractivity contribution in [3.8, 4) is 5.75 Å². The Morgan fingerprint density at radius 3 is 2.43 bits per heavy atom. The molecular formula is C19H18N6O3. The maximum atomic E-state index is 11.8. The summed E-state index contributed by atoms with van der Waals surface area (Å²) >= 11 is 0. The normalized spacial score (nSPS) is 10.6. The Morgan fingerprint density at radius 1 is 1.07 bits per heavy atom. The topological polar surface area (TPSA) is 110 Å². The molecule has 0 bridgehead atoms. The van der Waals surface area contributed by atoms with Gasteiger partial charge in [-0.15, -0.1) is 10.2 Å². The van der Waals surface area contributed by atoms with Crippen LogP contribution in [0.3, 0.4) is 0 Å². The highest BCUT2D eigenvalue weighted by molar-refractivity contribution is 6.01. The summed E-state index contributed by atoms with van der Waals surface area (Å²) in [6.45, 7) is 1.66. The van der Waals surface area contributed by atoms with E-state index in [4.69, 9.17) is 4.74 Å². The smallest absolute Gasteiger partial charge is 0.325 e. The number of nitrogens with zero attached hydrogens (tertiary/aromatic N) is 4. The first-order valence-electron chi connectivity index (χ1n) is 8.38. The van der Waals surface area contributed by atoms with E-state index in [0.29, 0.717) is 11.4 Å². The number of urea groups is 1. The van der Waals surface area contributed by atoms with Crippen molar-refractivity contribution in [2.45, 2.75) is 6.92 Å². The molecule has 0 radical (unpaired) electrons. The van der Waals surface area contributed by atoms with E-state index < -0.39 is 11.9 Å². The molecular weight excluding hydrogens is 360 g/mol. The standard InChI is InChI=1S/C19H18N6O3/c1-14-2-6-16(7-3-14)23-19(27)24-18(26)11-28-17-8-4-15(5-9-17)10-22-25-12-20-21-13-25/h2-10,12-13H,11H2,1H3,(H2,23,24,26,27). The number of amides is 3. The van der Waals surface area contributed by atoms with Crippen molar-refractivity contribution in [1.29, 1.82) is 0 Å². The predicted octanol–water partition coefficient (Wildman–Crippen LogP) is 2.20. The molecule has 3 aromatic rings. The maximum absolute atomic E-state index is 11.8. The number of nitrogens with one attached hydrogen (secondary N) is 2. The number of carbonyl (C=O) groups excluding carboxylic acids is 2. The highest BCUT2D eigenvalue weighted by atomic mass is 16.5. The second kappa shape index (κ2) is 9.08. The zero-order valence-corrected chi connectivity index (χ0v) is 15.1. The lowest BCUT2D eigenvalue weighted by atomic mass is 10.2. The molecule has 2 aromatic carbocycles. The molecule has 0 aliphatic heterocycles. The summed E-state index contributed by atoms with van der Waals surface area (Å²) in [6.07, 6.45) is 4.58. The molecule has 9 heteroatoms. The minimum Gasteiger partial charge on any atom is -0.484 e. The summed E-state index contributed by atoms with van der Waals surface area (Å²) in [5.74, 6) is -0.0570. The molecule has 0 unspecified atom stereocenters. The zero-order chi connectivity index (χ0) is 19.8. The molecule has 0 saturated carbocycles. The van der Waals surface area contributed by atoms with Gasteiger partial charge in [-0.05, 0) is 48.9 Å². The number of aromatic nitrogens is 3. The lowest BCUT2D eigenvalue weighted by molar-refractivity contribution is -0.121. The molecule has 0 aliphatic rings. The van der Waals surface area contributed by atoms with Crippen LogP contribution < -0.4 is 15.4 Å². The summed E-state index contributed by atoms with van der Waals surface area (Å²) in [5.41, 5.74) is 2.51. The van der Waals surface area contributed by atoms with Gasteiger partial charge in [0.25, 0.3) is 5.91 Å². The van der Waals surface area contributed by atoms with Crippen LogP contribution in [0.2, 0.25) is 0 Å². The van der Waals surface area contributed by atoms with E-state index in [1.807, 2.05) is 19.1 Å². The molecule has 0 atom stereocenters. The van der Waals surface area contributed by atoms with Gasteiger partial charge in [-0.25, -0.2) is 9.47 Å². The Bertz CT molecular complexity index is 950. The minimum atomic E-state index is -0.613. The molecule has 0 saturated heterocycles. The molecule has 28 heavy (non-hydrogen) atoms. The average Bonchev–Trinajstić information content (AvgIpc) is 3.21. The van der Waals surface area contributed by atoms with Crippen LogP contribution in [0.25, 0.3) is 0 Å². The van der Waals surface area contributed by atoms with E-state index in [1.165, 1.54) is 17.3 Å². The molecule has 142 valence electrons. The highest BCUT2D eigenvalue weighted by Gasteiger charge is 2.08. The summed E-state index contributed by atoms with van der Waals surface area (Å²) in [4.78, 5) is 23.6. The van der Waals surface area contributed by atoms with Crippen LogP contribution in [0.15, 0.2) is 66.3 Å². The van der Waals surface area contributed by atoms with E-state index in [2.05, 4.69) is 25.9 Å². The Kier molecular flexibility index (Phi) is 6.09. The molecule has 3 rings (SSSR count). The van der Waals surface area contributed by atoms with Crippen LogP contribution >= 0.6 is 0 Å². The largest absolute Gasteiger partial charge is 0.484 e. The van der Waals surface area contributed by atoms with Gasteiger partial charge >= 0.3 is 6.03 Å². The number of benzene rings is 2. The number of carbonyl (C=O) groups is 2. The van der Waals surface area contributed by atoms with Gasteiger partial charge < -0.3 is 10.1 Å². The molecule has 3 amide bonds. The number of aryl methyl sites for hydroxylation is 1. The molecule has 0 aliphatic carbocycles. The lowest BCUT2D eigenvalue weighted by Crippen LogP contribution is -2.37. The SMILES string of the molecule is Cc1ccc(NC(=O)NC(=O)COc2ccc(C=Nn3cnnc3)cc2)cc1. The number of anilines is 1. The van der Waals surface area contributed by atoms with Crippen molar-refractivity contribution in [2.75, 3.05) is 11.9 Å².